The zero-order valence-corrected chi connectivity index (χ0v) is 21.3. The van der Waals surface area contributed by atoms with E-state index < -0.39 is 10.5 Å². The maximum Gasteiger partial charge on any atom is 0.415 e. The molecule has 0 spiro atoms. The van der Waals surface area contributed by atoms with E-state index in [9.17, 15) is 10.1 Å². The Labute approximate surface area is 220 Å². The minimum Gasteiger partial charge on any atom is -0.490 e. The largest absolute Gasteiger partial charge is 0.490 e. The Balaban J connectivity index is 0.958. The smallest absolute Gasteiger partial charge is 0.415 e. The molecule has 9 nitrogen and oxygen atoms in total. The number of hydrogen-bond acceptors (Lipinski definition) is 7. The van der Waals surface area contributed by atoms with Crippen molar-refractivity contribution >= 4 is 16.6 Å². The molecule has 6 rings (SSSR count). The average molecular weight is 515 g/mol. The fourth-order valence-electron chi connectivity index (χ4n) is 5.16. The summed E-state index contributed by atoms with van der Waals surface area (Å²) in [6.45, 7) is 5.56. The van der Waals surface area contributed by atoms with Crippen LogP contribution in [0.4, 0.5) is 5.82 Å². The summed E-state index contributed by atoms with van der Waals surface area (Å²) in [6, 6.07) is 23.1. The van der Waals surface area contributed by atoms with Crippen molar-refractivity contribution in [1.82, 2.24) is 14.5 Å². The summed E-state index contributed by atoms with van der Waals surface area (Å²) in [6.07, 6.45) is 3.65. The Morgan fingerprint density at radius 3 is 2.53 bits per heavy atom. The number of nitrogens with zero attached hydrogens (tertiary/aromatic N) is 4. The first-order chi connectivity index (χ1) is 18.4. The van der Waals surface area contributed by atoms with E-state index >= 15 is 0 Å². The summed E-state index contributed by atoms with van der Waals surface area (Å²) >= 11 is 0. The molecule has 1 aromatic heterocycles. The highest BCUT2D eigenvalue weighted by Gasteiger charge is 2.41. The molecule has 38 heavy (non-hydrogen) atoms. The average Bonchev–Trinajstić information content (AvgIpc) is 3.45. The number of ether oxygens (including phenoxy) is 3. The molecule has 0 radical (unpaired) electrons. The molecule has 9 heteroatoms. The van der Waals surface area contributed by atoms with Crippen LogP contribution >= 0.6 is 0 Å². The Hall–Kier alpha value is -4.11. The highest BCUT2D eigenvalue weighted by atomic mass is 16.6. The second-order valence-corrected chi connectivity index (χ2v) is 10.4. The van der Waals surface area contributed by atoms with Crippen molar-refractivity contribution in [2.45, 2.75) is 44.6 Å². The molecule has 2 aliphatic rings. The number of imidazole rings is 1. The van der Waals surface area contributed by atoms with Crippen LogP contribution in [-0.2, 0) is 13.1 Å². The maximum atomic E-state index is 10.9. The SMILES string of the molecule is C[C@]1(COc2ccc(CN3CCC(Oc4ccc5ccccc5c4)CC3)cc2)Cn2cc([N+](=O)[O-])nc2O1. The van der Waals surface area contributed by atoms with E-state index in [2.05, 4.69) is 64.5 Å². The van der Waals surface area contributed by atoms with Crippen LogP contribution in [0.2, 0.25) is 0 Å². The molecule has 1 saturated heterocycles. The zero-order valence-electron chi connectivity index (χ0n) is 21.3. The summed E-state index contributed by atoms with van der Waals surface area (Å²) in [5.74, 6) is 1.50. The van der Waals surface area contributed by atoms with Gasteiger partial charge in [-0.25, -0.2) is 0 Å². The van der Waals surface area contributed by atoms with E-state index in [0.717, 1.165) is 44.0 Å². The minimum atomic E-state index is -0.630. The highest BCUT2D eigenvalue weighted by molar-refractivity contribution is 5.83. The van der Waals surface area contributed by atoms with Crippen LogP contribution in [0.5, 0.6) is 17.5 Å². The molecule has 1 fully saturated rings. The van der Waals surface area contributed by atoms with Gasteiger partial charge in [0.15, 0.2) is 5.60 Å². The molecule has 0 saturated carbocycles. The number of aromatic nitrogens is 2. The van der Waals surface area contributed by atoms with Crippen molar-refractivity contribution in [1.29, 1.82) is 0 Å². The molecule has 2 aliphatic heterocycles. The van der Waals surface area contributed by atoms with E-state index in [-0.39, 0.29) is 17.9 Å². The van der Waals surface area contributed by atoms with Gasteiger partial charge in [0.05, 0.1) is 6.54 Å². The van der Waals surface area contributed by atoms with Gasteiger partial charge >= 0.3 is 11.8 Å². The molecular weight excluding hydrogens is 484 g/mol. The lowest BCUT2D eigenvalue weighted by Crippen LogP contribution is -2.38. The molecule has 0 unspecified atom stereocenters. The molecule has 1 atom stereocenters. The Morgan fingerprint density at radius 1 is 1.05 bits per heavy atom. The first-order valence-corrected chi connectivity index (χ1v) is 12.9. The van der Waals surface area contributed by atoms with Gasteiger partial charge in [-0.2, -0.15) is 0 Å². The first-order valence-electron chi connectivity index (χ1n) is 12.9. The lowest BCUT2D eigenvalue weighted by atomic mass is 10.1. The van der Waals surface area contributed by atoms with Crippen molar-refractivity contribution < 1.29 is 19.1 Å². The molecule has 3 heterocycles. The van der Waals surface area contributed by atoms with Gasteiger partial charge in [0.2, 0.25) is 0 Å². The van der Waals surface area contributed by atoms with E-state index in [0.29, 0.717) is 13.2 Å². The standard InChI is InChI=1S/C29H30N4O5/c1-29(19-32-18-27(33(34)35)30-28(32)38-29)20-36-24-9-6-21(7-10-24)17-31-14-12-25(13-15-31)37-26-11-8-22-4-2-3-5-23(22)16-26/h2-11,16,18,25H,12-15,17,19-20H2,1H3/t29-/m1/s1. The van der Waals surface area contributed by atoms with Crippen LogP contribution in [0.3, 0.4) is 0 Å². The van der Waals surface area contributed by atoms with E-state index in [1.54, 1.807) is 4.57 Å². The van der Waals surface area contributed by atoms with E-state index in [4.69, 9.17) is 14.2 Å². The maximum absolute atomic E-state index is 10.9. The summed E-state index contributed by atoms with van der Waals surface area (Å²) in [5.41, 5.74) is 0.608. The number of hydrogen-bond donors (Lipinski definition) is 0. The predicted octanol–water partition coefficient (Wildman–Crippen LogP) is 5.22. The molecule has 0 N–H and O–H groups in total. The molecule has 0 bridgehead atoms. The lowest BCUT2D eigenvalue weighted by Gasteiger charge is -2.32. The summed E-state index contributed by atoms with van der Waals surface area (Å²) in [4.78, 5) is 16.7. The fraction of sp³-hybridized carbons (Fsp3) is 0.345. The number of nitro groups is 1. The fourth-order valence-corrected chi connectivity index (χ4v) is 5.16. The number of rotatable bonds is 8. The number of benzene rings is 3. The Morgan fingerprint density at radius 2 is 1.79 bits per heavy atom. The number of piperidine rings is 1. The second kappa shape index (κ2) is 9.98. The Bertz CT molecular complexity index is 1420. The van der Waals surface area contributed by atoms with Gasteiger partial charge in [0.1, 0.15) is 30.4 Å². The molecule has 4 aromatic rings. The highest BCUT2D eigenvalue weighted by Crippen LogP contribution is 2.31. The first kappa shape index (κ1) is 24.2. The van der Waals surface area contributed by atoms with Gasteiger partial charge in [0, 0.05) is 24.6 Å². The van der Waals surface area contributed by atoms with Crippen LogP contribution in [0.1, 0.15) is 25.3 Å². The summed E-state index contributed by atoms with van der Waals surface area (Å²) < 4.78 is 19.8. The monoisotopic (exact) mass is 514 g/mol. The lowest BCUT2D eigenvalue weighted by molar-refractivity contribution is -0.389. The van der Waals surface area contributed by atoms with Crippen LogP contribution in [0.15, 0.2) is 72.9 Å². The van der Waals surface area contributed by atoms with Crippen molar-refractivity contribution in [3.05, 3.63) is 88.6 Å². The molecule has 0 amide bonds. The summed E-state index contributed by atoms with van der Waals surface area (Å²) in [7, 11) is 0. The van der Waals surface area contributed by atoms with Crippen LogP contribution in [0, 0.1) is 10.1 Å². The van der Waals surface area contributed by atoms with E-state index in [1.807, 2.05) is 19.1 Å². The number of fused-ring (bicyclic) bond motifs is 2. The van der Waals surface area contributed by atoms with Gasteiger partial charge < -0.3 is 24.3 Å². The van der Waals surface area contributed by atoms with Crippen LogP contribution in [-0.4, -0.2) is 50.8 Å². The third-order valence-corrected chi connectivity index (χ3v) is 7.19. The molecular formula is C29H30N4O5. The van der Waals surface area contributed by atoms with Crippen molar-refractivity contribution in [2.75, 3.05) is 19.7 Å². The van der Waals surface area contributed by atoms with Gasteiger partial charge in [0.25, 0.3) is 0 Å². The molecule has 196 valence electrons. The zero-order chi connectivity index (χ0) is 26.1. The van der Waals surface area contributed by atoms with Gasteiger partial charge in [-0.1, -0.05) is 42.5 Å². The molecule has 3 aromatic carbocycles. The van der Waals surface area contributed by atoms with Crippen LogP contribution < -0.4 is 14.2 Å². The minimum absolute atomic E-state index is 0.208. The van der Waals surface area contributed by atoms with Crippen molar-refractivity contribution in [2.24, 2.45) is 0 Å². The number of likely N-dealkylation sites (tertiary alicyclic amines) is 1. The summed E-state index contributed by atoms with van der Waals surface area (Å²) in [5, 5.41) is 13.3. The van der Waals surface area contributed by atoms with Gasteiger partial charge in [-0.05, 0) is 65.3 Å². The normalized spacial score (nSPS) is 19.7. The van der Waals surface area contributed by atoms with E-state index in [1.165, 1.54) is 22.5 Å². The topological polar surface area (TPSA) is 91.9 Å². The van der Waals surface area contributed by atoms with Crippen molar-refractivity contribution in [3.63, 3.8) is 0 Å². The predicted molar refractivity (Wildman–Crippen MR) is 143 cm³/mol. The van der Waals surface area contributed by atoms with Gasteiger partial charge in [-0.15, -0.1) is 0 Å². The van der Waals surface area contributed by atoms with Crippen LogP contribution in [0.25, 0.3) is 10.8 Å². The van der Waals surface area contributed by atoms with Gasteiger partial charge in [-0.3, -0.25) is 9.47 Å². The third kappa shape index (κ3) is 5.28. The third-order valence-electron chi connectivity index (χ3n) is 7.19. The van der Waals surface area contributed by atoms with Crippen molar-refractivity contribution in [3.8, 4) is 17.5 Å². The Kier molecular flexibility index (Phi) is 6.37. The molecule has 0 aliphatic carbocycles. The second-order valence-electron chi connectivity index (χ2n) is 10.4. The quantitative estimate of drug-likeness (QED) is 0.235.